The first-order valence-corrected chi connectivity index (χ1v) is 7.69. The Hall–Kier alpha value is -2.49. The molecule has 0 atom stereocenters. The van der Waals surface area contributed by atoms with Gasteiger partial charge in [-0.15, -0.1) is 0 Å². The molecule has 0 fully saturated rings. The molecule has 0 aromatic heterocycles. The highest BCUT2D eigenvalue weighted by molar-refractivity contribution is 5.73. The number of aryl methyl sites for hydroxylation is 2. The zero-order chi connectivity index (χ0) is 16.7. The van der Waals surface area contributed by atoms with E-state index in [0.29, 0.717) is 30.9 Å². The highest BCUT2D eigenvalue weighted by Gasteiger charge is 2.10. The summed E-state index contributed by atoms with van der Waals surface area (Å²) in [5, 5.41) is 0. The Balaban J connectivity index is 1.90. The Morgan fingerprint density at radius 3 is 2.43 bits per heavy atom. The molecule has 4 heteroatoms. The van der Waals surface area contributed by atoms with Crippen LogP contribution in [-0.4, -0.2) is 19.7 Å². The van der Waals surface area contributed by atoms with Crippen molar-refractivity contribution < 1.29 is 19.0 Å². The molecule has 0 saturated carbocycles. The summed E-state index contributed by atoms with van der Waals surface area (Å²) in [6.07, 6.45) is 0.935. The van der Waals surface area contributed by atoms with Crippen LogP contribution in [0.5, 0.6) is 17.2 Å². The predicted octanol–water partition coefficient (Wildman–Crippen LogP) is 3.94. The fourth-order valence-corrected chi connectivity index (χ4v) is 2.20. The molecule has 122 valence electrons. The molecule has 23 heavy (non-hydrogen) atoms. The molecule has 2 rings (SSSR count). The van der Waals surface area contributed by atoms with Gasteiger partial charge in [-0.25, -0.2) is 0 Å². The molecule has 0 heterocycles. The lowest BCUT2D eigenvalue weighted by Gasteiger charge is -2.10. The van der Waals surface area contributed by atoms with Gasteiger partial charge in [0.05, 0.1) is 13.7 Å². The quantitative estimate of drug-likeness (QED) is 0.573. The van der Waals surface area contributed by atoms with E-state index >= 15 is 0 Å². The topological polar surface area (TPSA) is 44.8 Å². The summed E-state index contributed by atoms with van der Waals surface area (Å²) in [6, 6.07) is 13.2. The van der Waals surface area contributed by atoms with Gasteiger partial charge in [-0.05, 0) is 55.7 Å². The molecule has 0 aliphatic heterocycles. The lowest BCUT2D eigenvalue weighted by atomic mass is 10.1. The fourth-order valence-electron chi connectivity index (χ4n) is 2.20. The van der Waals surface area contributed by atoms with Gasteiger partial charge >= 0.3 is 5.97 Å². The Morgan fingerprint density at radius 2 is 1.78 bits per heavy atom. The molecule has 0 aliphatic carbocycles. The SMILES string of the molecule is CCOc1ccc(CCC(=O)Oc2ccc(C)cc2OC)cc1. The summed E-state index contributed by atoms with van der Waals surface area (Å²) in [5.74, 6) is 1.58. The smallest absolute Gasteiger partial charge is 0.311 e. The van der Waals surface area contributed by atoms with Crippen molar-refractivity contribution in [3.63, 3.8) is 0 Å². The van der Waals surface area contributed by atoms with Crippen LogP contribution in [0.4, 0.5) is 0 Å². The van der Waals surface area contributed by atoms with E-state index < -0.39 is 0 Å². The molecule has 0 radical (unpaired) electrons. The number of hydrogen-bond acceptors (Lipinski definition) is 4. The maximum Gasteiger partial charge on any atom is 0.311 e. The normalized spacial score (nSPS) is 10.2. The van der Waals surface area contributed by atoms with Gasteiger partial charge in [0.1, 0.15) is 5.75 Å². The summed E-state index contributed by atoms with van der Waals surface area (Å²) < 4.78 is 16.0. The second-order valence-electron chi connectivity index (χ2n) is 5.21. The summed E-state index contributed by atoms with van der Waals surface area (Å²) >= 11 is 0. The van der Waals surface area contributed by atoms with E-state index in [0.717, 1.165) is 16.9 Å². The third-order valence-corrected chi connectivity index (χ3v) is 3.40. The Morgan fingerprint density at radius 1 is 1.04 bits per heavy atom. The molecule has 0 spiro atoms. The number of carbonyl (C=O) groups excluding carboxylic acids is 1. The molecule has 0 aliphatic rings. The molecular weight excluding hydrogens is 292 g/mol. The van der Waals surface area contributed by atoms with E-state index in [-0.39, 0.29) is 5.97 Å². The highest BCUT2D eigenvalue weighted by Crippen LogP contribution is 2.28. The second-order valence-corrected chi connectivity index (χ2v) is 5.21. The van der Waals surface area contributed by atoms with Gasteiger partial charge in [-0.2, -0.15) is 0 Å². The average molecular weight is 314 g/mol. The molecule has 0 N–H and O–H groups in total. The van der Waals surface area contributed by atoms with Crippen LogP contribution in [0.3, 0.4) is 0 Å². The minimum atomic E-state index is -0.277. The maximum atomic E-state index is 12.0. The first-order chi connectivity index (χ1) is 11.1. The van der Waals surface area contributed by atoms with Crippen LogP contribution in [-0.2, 0) is 11.2 Å². The Bertz CT molecular complexity index is 647. The molecule has 0 bridgehead atoms. The van der Waals surface area contributed by atoms with Crippen LogP contribution in [0.15, 0.2) is 42.5 Å². The van der Waals surface area contributed by atoms with E-state index in [2.05, 4.69) is 0 Å². The number of methoxy groups -OCH3 is 1. The molecule has 0 saturated heterocycles. The van der Waals surface area contributed by atoms with Crippen molar-refractivity contribution in [2.75, 3.05) is 13.7 Å². The number of ether oxygens (including phenoxy) is 3. The van der Waals surface area contributed by atoms with Gasteiger partial charge in [0.2, 0.25) is 0 Å². The van der Waals surface area contributed by atoms with Gasteiger partial charge in [0, 0.05) is 6.42 Å². The maximum absolute atomic E-state index is 12.0. The van der Waals surface area contributed by atoms with Crippen molar-refractivity contribution in [2.45, 2.75) is 26.7 Å². The van der Waals surface area contributed by atoms with Crippen molar-refractivity contribution >= 4 is 5.97 Å². The monoisotopic (exact) mass is 314 g/mol. The summed E-state index contributed by atoms with van der Waals surface area (Å²) in [6.45, 7) is 4.55. The van der Waals surface area contributed by atoms with Crippen molar-refractivity contribution in [3.05, 3.63) is 53.6 Å². The van der Waals surface area contributed by atoms with Crippen molar-refractivity contribution in [3.8, 4) is 17.2 Å². The van der Waals surface area contributed by atoms with E-state index in [1.54, 1.807) is 13.2 Å². The minimum Gasteiger partial charge on any atom is -0.494 e. The molecule has 2 aromatic rings. The lowest BCUT2D eigenvalue weighted by Crippen LogP contribution is -2.10. The number of esters is 1. The first kappa shape index (κ1) is 16.9. The zero-order valence-corrected chi connectivity index (χ0v) is 13.8. The van der Waals surface area contributed by atoms with Gasteiger partial charge < -0.3 is 14.2 Å². The molecule has 4 nitrogen and oxygen atoms in total. The van der Waals surface area contributed by atoms with Crippen LogP contribution < -0.4 is 14.2 Å². The molecule has 0 unspecified atom stereocenters. The van der Waals surface area contributed by atoms with Gasteiger partial charge in [0.25, 0.3) is 0 Å². The van der Waals surface area contributed by atoms with Gasteiger partial charge in [0.15, 0.2) is 11.5 Å². The van der Waals surface area contributed by atoms with Crippen molar-refractivity contribution in [1.29, 1.82) is 0 Å². The third kappa shape index (κ3) is 5.02. The van der Waals surface area contributed by atoms with Gasteiger partial charge in [-0.1, -0.05) is 18.2 Å². The fraction of sp³-hybridized carbons (Fsp3) is 0.316. The Kier molecular flexibility index (Phi) is 6.03. The average Bonchev–Trinajstić information content (AvgIpc) is 2.56. The van der Waals surface area contributed by atoms with Crippen LogP contribution >= 0.6 is 0 Å². The van der Waals surface area contributed by atoms with Crippen LogP contribution in [0.1, 0.15) is 24.5 Å². The molecular formula is C19H22O4. The first-order valence-electron chi connectivity index (χ1n) is 7.69. The number of carbonyl (C=O) groups is 1. The summed E-state index contributed by atoms with van der Waals surface area (Å²) in [7, 11) is 1.56. The Labute approximate surface area is 137 Å². The van der Waals surface area contributed by atoms with E-state index in [9.17, 15) is 4.79 Å². The van der Waals surface area contributed by atoms with Crippen LogP contribution in [0.25, 0.3) is 0 Å². The number of rotatable bonds is 7. The predicted molar refractivity (Wildman–Crippen MR) is 89.3 cm³/mol. The summed E-state index contributed by atoms with van der Waals surface area (Å²) in [5.41, 5.74) is 2.12. The number of hydrogen-bond donors (Lipinski definition) is 0. The summed E-state index contributed by atoms with van der Waals surface area (Å²) in [4.78, 5) is 12.0. The highest BCUT2D eigenvalue weighted by atomic mass is 16.6. The molecule has 0 amide bonds. The van der Waals surface area contributed by atoms with E-state index in [1.807, 2.05) is 50.2 Å². The van der Waals surface area contributed by atoms with Crippen LogP contribution in [0, 0.1) is 6.92 Å². The second kappa shape index (κ2) is 8.22. The minimum absolute atomic E-state index is 0.277. The van der Waals surface area contributed by atoms with Crippen LogP contribution in [0.2, 0.25) is 0 Å². The largest absolute Gasteiger partial charge is 0.494 e. The third-order valence-electron chi connectivity index (χ3n) is 3.40. The van der Waals surface area contributed by atoms with Crippen molar-refractivity contribution in [2.24, 2.45) is 0 Å². The van der Waals surface area contributed by atoms with E-state index in [1.165, 1.54) is 0 Å². The van der Waals surface area contributed by atoms with Crippen molar-refractivity contribution in [1.82, 2.24) is 0 Å². The molecule has 2 aromatic carbocycles. The van der Waals surface area contributed by atoms with Gasteiger partial charge in [-0.3, -0.25) is 4.79 Å². The van der Waals surface area contributed by atoms with E-state index in [4.69, 9.17) is 14.2 Å². The lowest BCUT2D eigenvalue weighted by molar-refractivity contribution is -0.134. The standard InChI is InChI=1S/C19H22O4/c1-4-22-16-9-6-15(7-10-16)8-12-19(20)23-17-11-5-14(2)13-18(17)21-3/h5-7,9-11,13H,4,8,12H2,1-3H3. The zero-order valence-electron chi connectivity index (χ0n) is 13.8. The number of benzene rings is 2.